The van der Waals surface area contributed by atoms with E-state index in [1.165, 1.54) is 11.3 Å². The Hall–Kier alpha value is -1.64. The third-order valence-corrected chi connectivity index (χ3v) is 3.36. The van der Waals surface area contributed by atoms with Crippen molar-refractivity contribution >= 4 is 39.1 Å². The largest absolute Gasteiger partial charge is 0.368 e. The number of hydrogen-bond acceptors (Lipinski definition) is 4. The second-order valence-corrected chi connectivity index (χ2v) is 4.63. The zero-order valence-corrected chi connectivity index (χ0v) is 9.55. The van der Waals surface area contributed by atoms with E-state index in [0.717, 1.165) is 4.70 Å². The molecule has 0 spiro atoms. The number of nitrogens with two attached hydrogens (primary N) is 1. The number of carbonyl (C=O) groups is 1. The third kappa shape index (κ3) is 1.85. The van der Waals surface area contributed by atoms with E-state index in [4.69, 9.17) is 22.6 Å². The van der Waals surface area contributed by atoms with Crippen molar-refractivity contribution in [2.75, 3.05) is 0 Å². The average Bonchev–Trinajstić information content (AvgIpc) is 2.60. The highest BCUT2D eigenvalue weighted by Gasteiger charge is 2.21. The van der Waals surface area contributed by atoms with Crippen molar-refractivity contribution in [3.63, 3.8) is 0 Å². The van der Waals surface area contributed by atoms with Crippen LogP contribution in [0.25, 0.3) is 10.2 Å². The zero-order valence-electron chi connectivity index (χ0n) is 7.98. The predicted octanol–water partition coefficient (Wildman–Crippen LogP) is 2.04. The normalized spacial score (nSPS) is 12.2. The van der Waals surface area contributed by atoms with Crippen LogP contribution in [-0.4, -0.2) is 10.9 Å². The molecule has 0 saturated heterocycles. The average molecular weight is 252 g/mol. The Bertz CT molecular complexity index is 602. The number of aromatic nitrogens is 1. The van der Waals surface area contributed by atoms with E-state index in [1.807, 2.05) is 6.07 Å². The number of nitrogens with zero attached hydrogens (tertiary/aromatic N) is 2. The second kappa shape index (κ2) is 4.08. The van der Waals surface area contributed by atoms with Crippen molar-refractivity contribution in [2.24, 2.45) is 5.73 Å². The molecule has 1 aromatic heterocycles. The number of fused-ring (bicyclic) bond motifs is 1. The molecule has 6 heteroatoms. The molecular formula is C10H6ClN3OS. The highest BCUT2D eigenvalue weighted by Crippen LogP contribution is 2.28. The smallest absolute Gasteiger partial charge is 0.241 e. The van der Waals surface area contributed by atoms with E-state index in [2.05, 4.69) is 4.98 Å². The Labute approximate surface area is 100 Å². The molecule has 0 bridgehead atoms. The Kier molecular flexibility index (Phi) is 2.77. The molecule has 0 aliphatic heterocycles. The van der Waals surface area contributed by atoms with E-state index in [0.29, 0.717) is 15.5 Å². The summed E-state index contributed by atoms with van der Waals surface area (Å²) in [7, 11) is 0. The maximum atomic E-state index is 11.0. The van der Waals surface area contributed by atoms with Crippen LogP contribution in [0.2, 0.25) is 5.02 Å². The van der Waals surface area contributed by atoms with Gasteiger partial charge in [0.1, 0.15) is 5.01 Å². The van der Waals surface area contributed by atoms with Gasteiger partial charge in [0, 0.05) is 5.02 Å². The minimum absolute atomic E-state index is 0.410. The molecule has 4 nitrogen and oxygen atoms in total. The minimum Gasteiger partial charge on any atom is -0.368 e. The molecule has 1 atom stereocenters. The molecule has 2 aromatic rings. The number of carbonyl (C=O) groups excluding carboxylic acids is 1. The van der Waals surface area contributed by atoms with Crippen molar-refractivity contribution in [3.8, 4) is 6.07 Å². The number of thiazole rings is 1. The highest BCUT2D eigenvalue weighted by atomic mass is 35.5. The van der Waals surface area contributed by atoms with Crippen molar-refractivity contribution in [1.82, 2.24) is 4.98 Å². The summed E-state index contributed by atoms with van der Waals surface area (Å²) in [6.45, 7) is 0. The lowest BCUT2D eigenvalue weighted by Crippen LogP contribution is -2.19. The summed E-state index contributed by atoms with van der Waals surface area (Å²) in [5, 5.41) is 9.80. The Morgan fingerprint density at radius 2 is 2.38 bits per heavy atom. The van der Waals surface area contributed by atoms with Gasteiger partial charge in [-0.15, -0.1) is 11.3 Å². The van der Waals surface area contributed by atoms with E-state index in [1.54, 1.807) is 18.2 Å². The summed E-state index contributed by atoms with van der Waals surface area (Å²) < 4.78 is 0.876. The van der Waals surface area contributed by atoms with Crippen LogP contribution in [0.1, 0.15) is 10.9 Å². The van der Waals surface area contributed by atoms with Crippen LogP contribution < -0.4 is 5.73 Å². The molecule has 0 radical (unpaired) electrons. The minimum atomic E-state index is -0.990. The van der Waals surface area contributed by atoms with Gasteiger partial charge in [0.25, 0.3) is 0 Å². The lowest BCUT2D eigenvalue weighted by molar-refractivity contribution is -0.118. The van der Waals surface area contributed by atoms with Gasteiger partial charge in [0.15, 0.2) is 5.92 Å². The van der Waals surface area contributed by atoms with Crippen molar-refractivity contribution in [1.29, 1.82) is 5.26 Å². The molecule has 1 heterocycles. The number of benzene rings is 1. The van der Waals surface area contributed by atoms with Gasteiger partial charge in [-0.25, -0.2) is 4.98 Å². The van der Waals surface area contributed by atoms with Crippen molar-refractivity contribution in [2.45, 2.75) is 5.92 Å². The number of halogens is 1. The summed E-state index contributed by atoms with van der Waals surface area (Å²) in [6, 6.07) is 7.05. The number of amides is 1. The first-order valence-corrected chi connectivity index (χ1v) is 5.56. The Morgan fingerprint density at radius 3 is 3.00 bits per heavy atom. The molecule has 0 aliphatic carbocycles. The lowest BCUT2D eigenvalue weighted by Gasteiger charge is -1.97. The quantitative estimate of drug-likeness (QED) is 0.887. The van der Waals surface area contributed by atoms with Crippen LogP contribution in [0.5, 0.6) is 0 Å². The summed E-state index contributed by atoms with van der Waals surface area (Å²) in [5.74, 6) is -1.68. The molecule has 80 valence electrons. The number of rotatable bonds is 2. The van der Waals surface area contributed by atoms with E-state index in [-0.39, 0.29) is 0 Å². The van der Waals surface area contributed by atoms with Crippen molar-refractivity contribution in [3.05, 3.63) is 28.2 Å². The van der Waals surface area contributed by atoms with Crippen molar-refractivity contribution < 1.29 is 4.79 Å². The second-order valence-electron chi connectivity index (χ2n) is 3.13. The third-order valence-electron chi connectivity index (χ3n) is 2.03. The first-order valence-electron chi connectivity index (χ1n) is 4.36. The molecule has 2 N–H and O–H groups in total. The molecule has 0 aliphatic rings. The Balaban J connectivity index is 2.55. The molecule has 0 fully saturated rings. The molecular weight excluding hydrogens is 246 g/mol. The van der Waals surface area contributed by atoms with Crippen LogP contribution in [0.15, 0.2) is 18.2 Å². The summed E-state index contributed by atoms with van der Waals surface area (Å²) >= 11 is 7.09. The van der Waals surface area contributed by atoms with Gasteiger partial charge in [-0.05, 0) is 18.2 Å². The van der Waals surface area contributed by atoms with E-state index >= 15 is 0 Å². The van der Waals surface area contributed by atoms with Gasteiger partial charge in [0.2, 0.25) is 5.91 Å². The lowest BCUT2D eigenvalue weighted by atomic mass is 10.2. The predicted molar refractivity (Wildman–Crippen MR) is 62.2 cm³/mol. The van der Waals surface area contributed by atoms with Crippen LogP contribution in [-0.2, 0) is 4.79 Å². The maximum Gasteiger partial charge on any atom is 0.241 e. The van der Waals surface area contributed by atoms with Gasteiger partial charge in [-0.3, -0.25) is 4.79 Å². The van der Waals surface area contributed by atoms with Crippen LogP contribution in [0.4, 0.5) is 0 Å². The first kappa shape index (κ1) is 10.9. The fraction of sp³-hybridized carbons (Fsp3) is 0.100. The van der Waals surface area contributed by atoms with Gasteiger partial charge >= 0.3 is 0 Å². The molecule has 1 amide bonds. The first-order chi connectivity index (χ1) is 7.61. The van der Waals surface area contributed by atoms with Gasteiger partial charge in [0.05, 0.1) is 16.3 Å². The fourth-order valence-corrected chi connectivity index (χ4v) is 2.45. The topological polar surface area (TPSA) is 79.8 Å². The fourth-order valence-electron chi connectivity index (χ4n) is 1.28. The summed E-state index contributed by atoms with van der Waals surface area (Å²) in [4.78, 5) is 15.2. The maximum absolute atomic E-state index is 11.0. The Morgan fingerprint density at radius 1 is 1.62 bits per heavy atom. The van der Waals surface area contributed by atoms with Crippen LogP contribution in [0, 0.1) is 11.3 Å². The molecule has 0 unspecified atom stereocenters. The standard InChI is InChI=1S/C10H6ClN3OS/c11-5-1-2-8-7(3-5)14-10(16-8)6(4-12)9(13)15/h1-3,6H,(H2,13,15)/t6-/m1/s1. The number of primary amides is 1. The van der Waals surface area contributed by atoms with E-state index < -0.39 is 11.8 Å². The number of nitriles is 1. The van der Waals surface area contributed by atoms with Crippen LogP contribution in [0.3, 0.4) is 0 Å². The highest BCUT2D eigenvalue weighted by molar-refractivity contribution is 7.18. The summed E-state index contributed by atoms with van der Waals surface area (Å²) in [5.41, 5.74) is 5.79. The van der Waals surface area contributed by atoms with Gasteiger partial charge < -0.3 is 5.73 Å². The van der Waals surface area contributed by atoms with Crippen LogP contribution >= 0.6 is 22.9 Å². The SMILES string of the molecule is N#C[C@H](C(N)=O)c1nc2cc(Cl)ccc2s1. The van der Waals surface area contributed by atoms with Gasteiger partial charge in [-0.1, -0.05) is 11.6 Å². The molecule has 16 heavy (non-hydrogen) atoms. The van der Waals surface area contributed by atoms with Gasteiger partial charge in [-0.2, -0.15) is 5.26 Å². The molecule has 0 saturated carbocycles. The molecule has 1 aromatic carbocycles. The monoisotopic (exact) mass is 251 g/mol. The number of hydrogen-bond donors (Lipinski definition) is 1. The molecule has 2 rings (SSSR count). The zero-order chi connectivity index (χ0) is 11.7. The van der Waals surface area contributed by atoms with E-state index in [9.17, 15) is 4.79 Å². The summed E-state index contributed by atoms with van der Waals surface area (Å²) in [6.07, 6.45) is 0.